The van der Waals surface area contributed by atoms with Gasteiger partial charge in [-0.05, 0) is 19.1 Å². The van der Waals surface area contributed by atoms with Crippen molar-refractivity contribution in [3.8, 4) is 0 Å². The summed E-state index contributed by atoms with van der Waals surface area (Å²) >= 11 is 0.963. The minimum atomic E-state index is -0.802. The van der Waals surface area contributed by atoms with Crippen molar-refractivity contribution in [2.45, 2.75) is 6.92 Å². The molecule has 31 heavy (non-hydrogen) atoms. The lowest BCUT2D eigenvalue weighted by Gasteiger charge is -2.34. The highest BCUT2D eigenvalue weighted by atomic mass is 32.2. The highest BCUT2D eigenvalue weighted by Crippen LogP contribution is 2.12. The smallest absolute Gasteiger partial charge is 0.409 e. The molecule has 2 aliphatic rings. The summed E-state index contributed by atoms with van der Waals surface area (Å²) in [5.41, 5.74) is -0.438. The third-order valence-electron chi connectivity index (χ3n) is 4.31. The van der Waals surface area contributed by atoms with Crippen molar-refractivity contribution in [1.29, 1.82) is 5.41 Å². The third-order valence-corrected chi connectivity index (χ3v) is 5.17. The summed E-state index contributed by atoms with van der Waals surface area (Å²) in [6, 6.07) is 2.89. The molecule has 0 atom stereocenters. The van der Waals surface area contributed by atoms with Gasteiger partial charge in [0.1, 0.15) is 0 Å². The number of hydrogen-bond donors (Lipinski definition) is 2. The number of nitrogens with one attached hydrogen (secondary N) is 2. The summed E-state index contributed by atoms with van der Waals surface area (Å²) < 4.78 is 9.86. The molecule has 164 valence electrons. The molecule has 1 aromatic rings. The predicted molar refractivity (Wildman–Crippen MR) is 111 cm³/mol. The number of rotatable bonds is 4. The topological polar surface area (TPSA) is 158 Å². The van der Waals surface area contributed by atoms with Gasteiger partial charge in [0.05, 0.1) is 18.6 Å². The average Bonchev–Trinajstić information content (AvgIpc) is 3.30. The normalized spacial score (nSPS) is 18.0. The molecule has 0 unspecified atom stereocenters. The maximum absolute atomic E-state index is 12.4. The first-order valence-electron chi connectivity index (χ1n) is 9.36. The van der Waals surface area contributed by atoms with Crippen LogP contribution in [0, 0.1) is 5.41 Å². The molecule has 3 heterocycles. The first-order chi connectivity index (χ1) is 14.9. The number of furan rings is 1. The van der Waals surface area contributed by atoms with Gasteiger partial charge >= 0.3 is 12.0 Å². The number of piperazine rings is 1. The van der Waals surface area contributed by atoms with Crippen molar-refractivity contribution >= 4 is 52.3 Å². The van der Waals surface area contributed by atoms with Crippen LogP contribution in [0.5, 0.6) is 0 Å². The zero-order valence-corrected chi connectivity index (χ0v) is 17.4. The van der Waals surface area contributed by atoms with E-state index in [0.29, 0.717) is 32.8 Å². The lowest BCUT2D eigenvalue weighted by atomic mass is 10.3. The summed E-state index contributed by atoms with van der Waals surface area (Å²) in [4.78, 5) is 58.9. The summed E-state index contributed by atoms with van der Waals surface area (Å²) in [6.07, 6.45) is 0.894. The van der Waals surface area contributed by atoms with Crippen molar-refractivity contribution < 1.29 is 28.3 Å². The van der Waals surface area contributed by atoms with Crippen LogP contribution in [0.3, 0.4) is 0 Å². The van der Waals surface area contributed by atoms with Gasteiger partial charge in [0, 0.05) is 26.2 Å². The fraction of sp³-hybridized carbons (Fsp3) is 0.389. The minimum Gasteiger partial charge on any atom is -0.459 e. The van der Waals surface area contributed by atoms with Gasteiger partial charge in [-0.1, -0.05) is 11.8 Å². The van der Waals surface area contributed by atoms with Crippen LogP contribution in [0.25, 0.3) is 0 Å². The maximum Gasteiger partial charge on any atom is 0.409 e. The van der Waals surface area contributed by atoms with Crippen molar-refractivity contribution in [2.24, 2.45) is 9.98 Å². The second-order valence-corrected chi connectivity index (χ2v) is 7.28. The fourth-order valence-electron chi connectivity index (χ4n) is 2.75. The lowest BCUT2D eigenvalue weighted by molar-refractivity contribution is -0.129. The van der Waals surface area contributed by atoms with Gasteiger partial charge in [0.25, 0.3) is 5.91 Å². The highest BCUT2D eigenvalue weighted by Gasteiger charge is 2.28. The van der Waals surface area contributed by atoms with Crippen molar-refractivity contribution in [3.63, 3.8) is 0 Å². The summed E-state index contributed by atoms with van der Waals surface area (Å²) in [7, 11) is 0. The van der Waals surface area contributed by atoms with Crippen LogP contribution in [-0.4, -0.2) is 88.9 Å². The SMILES string of the molecule is CCOC(=O)N1CCN(C(=O)CSC2=NC(=N)C(=NC(=O)c3ccco3)C(=O)N2)CC1. The standard InChI is InChI=1S/C18H20N6O6S/c1-2-29-18(28)24-7-5-23(6-8-24)12(25)10-31-17-21-14(19)13(16(27)22-17)20-15(26)11-4-3-9-30-11/h3-4,9H,2,5-8,10H2,1H3,(H2,19,21,22,27). The Labute approximate surface area is 181 Å². The quantitative estimate of drug-likeness (QED) is 0.673. The molecule has 0 spiro atoms. The van der Waals surface area contributed by atoms with Gasteiger partial charge in [-0.2, -0.15) is 4.99 Å². The van der Waals surface area contributed by atoms with E-state index in [2.05, 4.69) is 15.3 Å². The highest BCUT2D eigenvalue weighted by molar-refractivity contribution is 8.14. The van der Waals surface area contributed by atoms with Gasteiger partial charge < -0.3 is 19.0 Å². The Morgan fingerprint density at radius 3 is 2.61 bits per heavy atom. The van der Waals surface area contributed by atoms with E-state index in [1.165, 1.54) is 23.3 Å². The van der Waals surface area contributed by atoms with Crippen LogP contribution in [0.1, 0.15) is 17.5 Å². The maximum atomic E-state index is 12.4. The monoisotopic (exact) mass is 448 g/mol. The van der Waals surface area contributed by atoms with Crippen molar-refractivity contribution in [1.82, 2.24) is 15.1 Å². The first kappa shape index (κ1) is 22.2. The molecule has 2 aliphatic heterocycles. The van der Waals surface area contributed by atoms with Crippen LogP contribution >= 0.6 is 11.8 Å². The Morgan fingerprint density at radius 1 is 1.29 bits per heavy atom. The number of aliphatic imine (C=N–C) groups is 2. The van der Waals surface area contributed by atoms with Crippen molar-refractivity contribution in [3.05, 3.63) is 24.2 Å². The molecule has 3 rings (SSSR count). The van der Waals surface area contributed by atoms with Crippen LogP contribution in [0.15, 0.2) is 32.8 Å². The number of hydrogen-bond acceptors (Lipinski definition) is 8. The molecule has 1 aromatic heterocycles. The van der Waals surface area contributed by atoms with E-state index in [1.807, 2.05) is 0 Å². The van der Waals surface area contributed by atoms with Gasteiger partial charge in [-0.3, -0.25) is 25.1 Å². The number of carbonyl (C=O) groups excluding carboxylic acids is 4. The van der Waals surface area contributed by atoms with Gasteiger partial charge in [-0.25, -0.2) is 9.79 Å². The van der Waals surface area contributed by atoms with Crippen molar-refractivity contribution in [2.75, 3.05) is 38.5 Å². The molecule has 0 radical (unpaired) electrons. The zero-order valence-electron chi connectivity index (χ0n) is 16.6. The van der Waals surface area contributed by atoms with E-state index >= 15 is 0 Å². The molecule has 1 fully saturated rings. The number of nitrogens with zero attached hydrogens (tertiary/aromatic N) is 4. The molecular weight excluding hydrogens is 428 g/mol. The van der Waals surface area contributed by atoms with Crippen LogP contribution in [0.2, 0.25) is 0 Å². The van der Waals surface area contributed by atoms with Crippen LogP contribution in [0.4, 0.5) is 4.79 Å². The summed E-state index contributed by atoms with van der Waals surface area (Å²) in [5, 5.41) is 10.4. The van der Waals surface area contributed by atoms with Gasteiger partial charge in [0.15, 0.2) is 22.5 Å². The third kappa shape index (κ3) is 5.57. The Morgan fingerprint density at radius 2 is 2.00 bits per heavy atom. The minimum absolute atomic E-state index is 0.0103. The molecular formula is C18H20N6O6S. The Balaban J connectivity index is 1.52. The van der Waals surface area contributed by atoms with E-state index in [9.17, 15) is 19.2 Å². The fourth-order valence-corrected chi connectivity index (χ4v) is 3.51. The van der Waals surface area contributed by atoms with E-state index in [-0.39, 0.29) is 22.6 Å². The predicted octanol–water partition coefficient (Wildman–Crippen LogP) is 0.358. The average molecular weight is 448 g/mol. The second kappa shape index (κ2) is 10.0. The molecule has 0 aromatic carbocycles. The molecule has 0 aliphatic carbocycles. The number of carbonyl (C=O) groups is 4. The number of amides is 4. The zero-order chi connectivity index (χ0) is 22.4. The van der Waals surface area contributed by atoms with E-state index in [1.54, 1.807) is 11.8 Å². The first-order valence-corrected chi connectivity index (χ1v) is 10.4. The molecule has 0 saturated carbocycles. The van der Waals surface area contributed by atoms with Crippen LogP contribution in [-0.2, 0) is 14.3 Å². The number of amidine groups is 2. The van der Waals surface area contributed by atoms with E-state index in [0.717, 1.165) is 11.8 Å². The number of ether oxygens (including phenoxy) is 1. The molecule has 12 nitrogen and oxygen atoms in total. The molecule has 1 saturated heterocycles. The summed E-state index contributed by atoms with van der Waals surface area (Å²) in [5.74, 6) is -2.32. The summed E-state index contributed by atoms with van der Waals surface area (Å²) in [6.45, 7) is 3.52. The molecule has 2 N–H and O–H groups in total. The number of thioether (sulfide) groups is 1. The Bertz CT molecular complexity index is 949. The van der Waals surface area contributed by atoms with Crippen LogP contribution < -0.4 is 5.32 Å². The largest absolute Gasteiger partial charge is 0.459 e. The van der Waals surface area contributed by atoms with E-state index in [4.69, 9.17) is 14.6 Å². The molecule has 0 bridgehead atoms. The lowest BCUT2D eigenvalue weighted by Crippen LogP contribution is -2.51. The van der Waals surface area contributed by atoms with E-state index < -0.39 is 29.5 Å². The molecule has 13 heteroatoms. The Kier molecular flexibility index (Phi) is 7.18. The molecule has 4 amide bonds. The van der Waals surface area contributed by atoms with Gasteiger partial charge in [0.2, 0.25) is 5.91 Å². The Hall–Kier alpha value is -3.48. The van der Waals surface area contributed by atoms with Gasteiger partial charge in [-0.15, -0.1) is 0 Å². The second-order valence-electron chi connectivity index (χ2n) is 6.32.